The Hall–Kier alpha value is -4.09. The molecule has 5 rings (SSSR count). The first-order valence-corrected chi connectivity index (χ1v) is 14.9. The first-order valence-electron chi connectivity index (χ1n) is 14.0. The van der Waals surface area contributed by atoms with E-state index in [1.54, 1.807) is 12.4 Å². The molecule has 41 heavy (non-hydrogen) atoms. The SMILES string of the molecule is CC(C)(C)c1ccc(C(c2ccccc2)C(C)(C)C(=O)Nc2nc(Cc3ccc(-c4ccncc4)cc3)cs2)cc1. The minimum atomic E-state index is -0.723. The summed E-state index contributed by atoms with van der Waals surface area (Å²) in [6.45, 7) is 10.7. The van der Waals surface area contributed by atoms with Gasteiger partial charge in [0.25, 0.3) is 0 Å². The number of hydrogen-bond donors (Lipinski definition) is 1. The van der Waals surface area contributed by atoms with E-state index in [2.05, 4.69) is 91.7 Å². The zero-order valence-electron chi connectivity index (χ0n) is 24.4. The topological polar surface area (TPSA) is 54.9 Å². The smallest absolute Gasteiger partial charge is 0.232 e. The van der Waals surface area contributed by atoms with Gasteiger partial charge >= 0.3 is 0 Å². The fourth-order valence-electron chi connectivity index (χ4n) is 5.25. The summed E-state index contributed by atoms with van der Waals surface area (Å²) in [4.78, 5) is 22.7. The number of benzene rings is 3. The lowest BCUT2D eigenvalue weighted by atomic mass is 9.70. The Balaban J connectivity index is 1.32. The number of carbonyl (C=O) groups excluding carboxylic acids is 1. The minimum Gasteiger partial charge on any atom is -0.301 e. The summed E-state index contributed by atoms with van der Waals surface area (Å²) in [7, 11) is 0. The molecule has 2 aromatic heterocycles. The number of nitrogens with zero attached hydrogens (tertiary/aromatic N) is 2. The van der Waals surface area contributed by atoms with Crippen LogP contribution in [0.15, 0.2) is 109 Å². The molecule has 5 heteroatoms. The molecule has 0 saturated heterocycles. The van der Waals surface area contributed by atoms with E-state index in [0.717, 1.165) is 27.9 Å². The highest BCUT2D eigenvalue weighted by Crippen LogP contribution is 2.42. The van der Waals surface area contributed by atoms with Gasteiger partial charge < -0.3 is 5.32 Å². The summed E-state index contributed by atoms with van der Waals surface area (Å²) in [6, 6.07) is 31.6. The van der Waals surface area contributed by atoms with Crippen LogP contribution >= 0.6 is 11.3 Å². The third-order valence-electron chi connectivity index (χ3n) is 7.67. The molecule has 3 aromatic carbocycles. The number of hydrogen-bond acceptors (Lipinski definition) is 4. The maximum atomic E-state index is 13.8. The monoisotopic (exact) mass is 559 g/mol. The standard InChI is InChI=1S/C36H37N3OS/c1-35(2,3)30-17-15-29(16-18-30)32(28-9-7-6-8-10-28)36(4,5)33(40)39-34-38-31(24-41-34)23-25-11-13-26(14-12-25)27-19-21-37-22-20-27/h6-22,24,32H,23H2,1-5H3,(H,38,39,40). The maximum Gasteiger partial charge on any atom is 0.232 e. The molecule has 4 nitrogen and oxygen atoms in total. The molecule has 0 radical (unpaired) electrons. The number of thiazole rings is 1. The summed E-state index contributed by atoms with van der Waals surface area (Å²) in [5.74, 6) is -0.162. The summed E-state index contributed by atoms with van der Waals surface area (Å²) in [5, 5.41) is 5.79. The molecule has 1 amide bonds. The number of amides is 1. The fraction of sp³-hybridized carbons (Fsp3) is 0.250. The molecule has 0 saturated carbocycles. The predicted molar refractivity (Wildman–Crippen MR) is 170 cm³/mol. The van der Waals surface area contributed by atoms with Gasteiger partial charge in [0.05, 0.1) is 11.1 Å². The van der Waals surface area contributed by atoms with Crippen LogP contribution in [-0.2, 0) is 16.6 Å². The molecule has 0 aliphatic heterocycles. The summed E-state index contributed by atoms with van der Waals surface area (Å²) in [6.07, 6.45) is 4.32. The van der Waals surface area contributed by atoms with E-state index in [0.29, 0.717) is 11.6 Å². The third-order valence-corrected chi connectivity index (χ3v) is 8.48. The zero-order valence-corrected chi connectivity index (χ0v) is 25.2. The van der Waals surface area contributed by atoms with Gasteiger partial charge in [-0.2, -0.15) is 0 Å². The molecule has 0 aliphatic carbocycles. The van der Waals surface area contributed by atoms with Crippen LogP contribution in [0.4, 0.5) is 5.13 Å². The molecule has 2 heterocycles. The van der Waals surface area contributed by atoms with Crippen molar-refractivity contribution in [2.24, 2.45) is 5.41 Å². The third kappa shape index (κ3) is 6.63. The first kappa shape index (κ1) is 28.4. The minimum absolute atomic E-state index is 0.0474. The van der Waals surface area contributed by atoms with Crippen LogP contribution in [-0.4, -0.2) is 15.9 Å². The number of aromatic nitrogens is 2. The first-order chi connectivity index (χ1) is 19.6. The molecular weight excluding hydrogens is 522 g/mol. The lowest BCUT2D eigenvalue weighted by Gasteiger charge is -2.34. The second-order valence-electron chi connectivity index (χ2n) is 12.1. The van der Waals surface area contributed by atoms with Crippen molar-refractivity contribution in [3.8, 4) is 11.1 Å². The lowest BCUT2D eigenvalue weighted by molar-refractivity contribution is -0.124. The quantitative estimate of drug-likeness (QED) is 0.207. The molecule has 0 bridgehead atoms. The van der Waals surface area contributed by atoms with E-state index < -0.39 is 5.41 Å². The Morgan fingerprint density at radius 2 is 1.39 bits per heavy atom. The molecule has 0 fully saturated rings. The normalized spacial score (nSPS) is 12.6. The van der Waals surface area contributed by atoms with E-state index in [1.807, 2.05) is 49.6 Å². The highest BCUT2D eigenvalue weighted by Gasteiger charge is 2.39. The van der Waals surface area contributed by atoms with Crippen LogP contribution in [0.5, 0.6) is 0 Å². The summed E-state index contributed by atoms with van der Waals surface area (Å²) >= 11 is 1.47. The van der Waals surface area contributed by atoms with E-state index in [4.69, 9.17) is 4.98 Å². The molecular formula is C36H37N3OS. The van der Waals surface area contributed by atoms with Crippen LogP contribution in [0, 0.1) is 5.41 Å². The van der Waals surface area contributed by atoms with Crippen LogP contribution in [0.1, 0.15) is 68.5 Å². The Kier molecular flexibility index (Phi) is 8.18. The van der Waals surface area contributed by atoms with Gasteiger partial charge in [-0.1, -0.05) is 113 Å². The highest BCUT2D eigenvalue weighted by atomic mass is 32.1. The van der Waals surface area contributed by atoms with Crippen molar-refractivity contribution >= 4 is 22.4 Å². The van der Waals surface area contributed by atoms with E-state index in [9.17, 15) is 4.79 Å². The van der Waals surface area contributed by atoms with Crippen molar-refractivity contribution in [3.63, 3.8) is 0 Å². The Morgan fingerprint density at radius 3 is 2.02 bits per heavy atom. The van der Waals surface area contributed by atoms with Crippen molar-refractivity contribution in [1.29, 1.82) is 0 Å². The van der Waals surface area contributed by atoms with Gasteiger partial charge in [0, 0.05) is 30.1 Å². The van der Waals surface area contributed by atoms with Gasteiger partial charge in [-0.05, 0) is 50.9 Å². The predicted octanol–water partition coefficient (Wildman–Crippen LogP) is 8.89. The van der Waals surface area contributed by atoms with Crippen molar-refractivity contribution < 1.29 is 4.79 Å². The number of anilines is 1. The number of carbonyl (C=O) groups is 1. The average molecular weight is 560 g/mol. The maximum absolute atomic E-state index is 13.8. The zero-order chi connectivity index (χ0) is 29.0. The molecule has 1 unspecified atom stereocenters. The Bertz CT molecular complexity index is 1580. The molecule has 1 atom stereocenters. The van der Waals surface area contributed by atoms with Crippen LogP contribution in [0.2, 0.25) is 0 Å². The van der Waals surface area contributed by atoms with Crippen LogP contribution in [0.25, 0.3) is 11.1 Å². The Labute approximate surface area is 247 Å². The van der Waals surface area contributed by atoms with Crippen LogP contribution in [0.3, 0.4) is 0 Å². The van der Waals surface area contributed by atoms with Crippen molar-refractivity contribution in [3.05, 3.63) is 137 Å². The largest absolute Gasteiger partial charge is 0.301 e. The molecule has 208 valence electrons. The second-order valence-corrected chi connectivity index (χ2v) is 13.0. The lowest BCUT2D eigenvalue weighted by Crippen LogP contribution is -2.37. The van der Waals surface area contributed by atoms with Crippen LogP contribution < -0.4 is 5.32 Å². The number of rotatable bonds is 8. The van der Waals surface area contributed by atoms with E-state index >= 15 is 0 Å². The van der Waals surface area contributed by atoms with Gasteiger partial charge in [0.2, 0.25) is 5.91 Å². The van der Waals surface area contributed by atoms with Crippen molar-refractivity contribution in [2.45, 2.75) is 52.4 Å². The van der Waals surface area contributed by atoms with E-state index in [1.165, 1.54) is 22.5 Å². The highest BCUT2D eigenvalue weighted by molar-refractivity contribution is 7.13. The van der Waals surface area contributed by atoms with Crippen molar-refractivity contribution in [1.82, 2.24) is 9.97 Å². The van der Waals surface area contributed by atoms with Gasteiger partial charge in [-0.15, -0.1) is 11.3 Å². The molecule has 1 N–H and O–H groups in total. The summed E-state index contributed by atoms with van der Waals surface area (Å²) in [5.41, 5.74) is 7.28. The molecule has 0 spiro atoms. The van der Waals surface area contributed by atoms with Gasteiger partial charge in [0.1, 0.15) is 0 Å². The Morgan fingerprint density at radius 1 is 0.780 bits per heavy atom. The van der Waals surface area contributed by atoms with Gasteiger partial charge in [-0.3, -0.25) is 9.78 Å². The molecule has 0 aliphatic rings. The number of pyridine rings is 1. The second kappa shape index (κ2) is 11.8. The van der Waals surface area contributed by atoms with Gasteiger partial charge in [-0.25, -0.2) is 4.98 Å². The van der Waals surface area contributed by atoms with Gasteiger partial charge in [0.15, 0.2) is 5.13 Å². The summed E-state index contributed by atoms with van der Waals surface area (Å²) < 4.78 is 0. The molecule has 5 aromatic rings. The number of nitrogens with one attached hydrogen (secondary N) is 1. The van der Waals surface area contributed by atoms with E-state index in [-0.39, 0.29) is 17.2 Å². The fourth-order valence-corrected chi connectivity index (χ4v) is 5.96. The van der Waals surface area contributed by atoms with Crippen molar-refractivity contribution in [2.75, 3.05) is 5.32 Å². The average Bonchev–Trinajstić information content (AvgIpc) is 3.41.